The standard InChI is InChI=1S/C21H29NO3/c1-5-10-25-20-9-7-16(13-21(20)24-4)12-17(14-22)18-11-15(2)6-8-19(18)23-3/h6-9,11,13,17H,5,10,12,14,22H2,1-4H3. The van der Waals surface area contributed by atoms with E-state index in [4.69, 9.17) is 19.9 Å². The van der Waals surface area contributed by atoms with Crippen LogP contribution in [0.2, 0.25) is 0 Å². The molecule has 0 radical (unpaired) electrons. The minimum Gasteiger partial charge on any atom is -0.496 e. The summed E-state index contributed by atoms with van der Waals surface area (Å²) in [6, 6.07) is 12.3. The fourth-order valence-corrected chi connectivity index (χ4v) is 2.95. The van der Waals surface area contributed by atoms with Crippen LogP contribution in [0.25, 0.3) is 0 Å². The van der Waals surface area contributed by atoms with E-state index in [0.717, 1.165) is 35.7 Å². The first-order chi connectivity index (χ1) is 12.1. The molecule has 0 saturated carbocycles. The monoisotopic (exact) mass is 343 g/mol. The molecule has 0 aliphatic rings. The van der Waals surface area contributed by atoms with E-state index in [1.165, 1.54) is 11.1 Å². The van der Waals surface area contributed by atoms with Crippen molar-refractivity contribution in [3.8, 4) is 17.2 Å². The number of benzene rings is 2. The van der Waals surface area contributed by atoms with Crippen LogP contribution >= 0.6 is 0 Å². The van der Waals surface area contributed by atoms with E-state index in [1.807, 2.05) is 18.2 Å². The Morgan fingerprint density at radius 1 is 0.960 bits per heavy atom. The van der Waals surface area contributed by atoms with Gasteiger partial charge in [0.2, 0.25) is 0 Å². The van der Waals surface area contributed by atoms with Crippen LogP contribution < -0.4 is 19.9 Å². The van der Waals surface area contributed by atoms with E-state index in [1.54, 1.807) is 14.2 Å². The van der Waals surface area contributed by atoms with Crippen molar-refractivity contribution in [1.82, 2.24) is 0 Å². The second-order valence-corrected chi connectivity index (χ2v) is 6.22. The highest BCUT2D eigenvalue weighted by molar-refractivity contribution is 5.45. The van der Waals surface area contributed by atoms with Crippen LogP contribution in [0.15, 0.2) is 36.4 Å². The maximum atomic E-state index is 6.08. The number of rotatable bonds is 9. The van der Waals surface area contributed by atoms with Gasteiger partial charge in [-0.15, -0.1) is 0 Å². The number of hydrogen-bond donors (Lipinski definition) is 1. The molecule has 1 unspecified atom stereocenters. The summed E-state index contributed by atoms with van der Waals surface area (Å²) in [5.41, 5.74) is 9.60. The van der Waals surface area contributed by atoms with E-state index in [2.05, 4.69) is 32.0 Å². The zero-order valence-corrected chi connectivity index (χ0v) is 15.7. The Hall–Kier alpha value is -2.20. The Labute approximate surface area is 150 Å². The first-order valence-corrected chi connectivity index (χ1v) is 8.77. The SMILES string of the molecule is CCCOc1ccc(CC(CN)c2cc(C)ccc2OC)cc1OC. The molecule has 0 heterocycles. The van der Waals surface area contributed by atoms with Gasteiger partial charge in [-0.05, 0) is 55.6 Å². The normalized spacial score (nSPS) is 11.9. The molecule has 0 fully saturated rings. The average molecular weight is 343 g/mol. The van der Waals surface area contributed by atoms with Gasteiger partial charge in [0.1, 0.15) is 5.75 Å². The van der Waals surface area contributed by atoms with Crippen LogP contribution in [0.5, 0.6) is 17.2 Å². The predicted octanol–water partition coefficient (Wildman–Crippen LogP) is 4.09. The Morgan fingerprint density at radius 2 is 1.68 bits per heavy atom. The van der Waals surface area contributed by atoms with Gasteiger partial charge in [0.15, 0.2) is 11.5 Å². The highest BCUT2D eigenvalue weighted by atomic mass is 16.5. The van der Waals surface area contributed by atoms with Gasteiger partial charge in [-0.2, -0.15) is 0 Å². The Morgan fingerprint density at radius 3 is 2.32 bits per heavy atom. The lowest BCUT2D eigenvalue weighted by Crippen LogP contribution is -2.16. The van der Waals surface area contributed by atoms with Gasteiger partial charge in [-0.25, -0.2) is 0 Å². The third-order valence-corrected chi connectivity index (χ3v) is 4.28. The number of ether oxygens (including phenoxy) is 3. The van der Waals surface area contributed by atoms with Crippen LogP contribution in [0.3, 0.4) is 0 Å². The lowest BCUT2D eigenvalue weighted by atomic mass is 9.90. The second kappa shape index (κ2) is 9.33. The molecule has 25 heavy (non-hydrogen) atoms. The summed E-state index contributed by atoms with van der Waals surface area (Å²) in [6.45, 7) is 5.40. The fraction of sp³-hybridized carbons (Fsp3) is 0.429. The van der Waals surface area contributed by atoms with Gasteiger partial charge >= 0.3 is 0 Å². The maximum absolute atomic E-state index is 6.08. The Bertz CT molecular complexity index is 685. The van der Waals surface area contributed by atoms with Crippen molar-refractivity contribution in [3.63, 3.8) is 0 Å². The summed E-state index contributed by atoms with van der Waals surface area (Å²) in [4.78, 5) is 0. The van der Waals surface area contributed by atoms with Crippen LogP contribution in [-0.4, -0.2) is 27.4 Å². The minimum absolute atomic E-state index is 0.182. The quantitative estimate of drug-likeness (QED) is 0.745. The smallest absolute Gasteiger partial charge is 0.161 e. The van der Waals surface area contributed by atoms with Crippen LogP contribution in [0.4, 0.5) is 0 Å². The van der Waals surface area contributed by atoms with Crippen molar-refractivity contribution < 1.29 is 14.2 Å². The largest absolute Gasteiger partial charge is 0.496 e. The van der Waals surface area contributed by atoms with Crippen molar-refractivity contribution in [2.45, 2.75) is 32.6 Å². The molecule has 4 nitrogen and oxygen atoms in total. The van der Waals surface area contributed by atoms with Crippen LogP contribution in [-0.2, 0) is 6.42 Å². The minimum atomic E-state index is 0.182. The highest BCUT2D eigenvalue weighted by Crippen LogP contribution is 2.33. The van der Waals surface area contributed by atoms with Crippen molar-refractivity contribution in [3.05, 3.63) is 53.1 Å². The topological polar surface area (TPSA) is 53.7 Å². The van der Waals surface area contributed by atoms with Crippen molar-refractivity contribution >= 4 is 0 Å². The number of methoxy groups -OCH3 is 2. The van der Waals surface area contributed by atoms with E-state index in [-0.39, 0.29) is 5.92 Å². The summed E-state index contributed by atoms with van der Waals surface area (Å²) < 4.78 is 16.7. The third kappa shape index (κ3) is 4.89. The summed E-state index contributed by atoms with van der Waals surface area (Å²) >= 11 is 0. The Balaban J connectivity index is 2.25. The summed E-state index contributed by atoms with van der Waals surface area (Å²) in [5, 5.41) is 0. The summed E-state index contributed by atoms with van der Waals surface area (Å²) in [6.07, 6.45) is 1.79. The molecule has 2 aromatic carbocycles. The molecule has 2 rings (SSSR count). The molecule has 0 spiro atoms. The molecule has 1 atom stereocenters. The van der Waals surface area contributed by atoms with Crippen LogP contribution in [0.1, 0.15) is 36.0 Å². The average Bonchev–Trinajstić information content (AvgIpc) is 2.64. The Kier molecular flexibility index (Phi) is 7.14. The molecular formula is C21H29NO3. The molecular weight excluding hydrogens is 314 g/mol. The lowest BCUT2D eigenvalue weighted by molar-refractivity contribution is 0.294. The van der Waals surface area contributed by atoms with Crippen LogP contribution in [0, 0.1) is 6.92 Å². The summed E-state index contributed by atoms with van der Waals surface area (Å²) in [7, 11) is 3.37. The molecule has 0 aliphatic heterocycles. The van der Waals surface area contributed by atoms with Gasteiger partial charge < -0.3 is 19.9 Å². The lowest BCUT2D eigenvalue weighted by Gasteiger charge is -2.20. The van der Waals surface area contributed by atoms with Gasteiger partial charge in [0, 0.05) is 5.92 Å². The second-order valence-electron chi connectivity index (χ2n) is 6.22. The van der Waals surface area contributed by atoms with Crippen molar-refractivity contribution in [1.29, 1.82) is 0 Å². The molecule has 0 bridgehead atoms. The molecule has 0 aromatic heterocycles. The van der Waals surface area contributed by atoms with Gasteiger partial charge in [0.05, 0.1) is 20.8 Å². The zero-order chi connectivity index (χ0) is 18.2. The predicted molar refractivity (Wildman–Crippen MR) is 102 cm³/mol. The molecule has 0 aliphatic carbocycles. The first kappa shape index (κ1) is 19.1. The van der Waals surface area contributed by atoms with Gasteiger partial charge in [-0.1, -0.05) is 30.7 Å². The third-order valence-electron chi connectivity index (χ3n) is 4.28. The van der Waals surface area contributed by atoms with Gasteiger partial charge in [0.25, 0.3) is 0 Å². The molecule has 0 saturated heterocycles. The molecule has 2 aromatic rings. The van der Waals surface area contributed by atoms with Crippen molar-refractivity contribution in [2.24, 2.45) is 5.73 Å². The van der Waals surface area contributed by atoms with E-state index in [9.17, 15) is 0 Å². The van der Waals surface area contributed by atoms with E-state index >= 15 is 0 Å². The van der Waals surface area contributed by atoms with E-state index < -0.39 is 0 Å². The first-order valence-electron chi connectivity index (χ1n) is 8.77. The van der Waals surface area contributed by atoms with Gasteiger partial charge in [-0.3, -0.25) is 0 Å². The zero-order valence-electron chi connectivity index (χ0n) is 15.7. The molecule has 0 amide bonds. The number of hydrogen-bond acceptors (Lipinski definition) is 4. The maximum Gasteiger partial charge on any atom is 0.161 e. The number of nitrogens with two attached hydrogens (primary N) is 1. The van der Waals surface area contributed by atoms with E-state index in [0.29, 0.717) is 13.2 Å². The molecule has 136 valence electrons. The van der Waals surface area contributed by atoms with Crippen molar-refractivity contribution in [2.75, 3.05) is 27.4 Å². The molecule has 2 N–H and O–H groups in total. The fourth-order valence-electron chi connectivity index (χ4n) is 2.95. The number of aryl methyl sites for hydroxylation is 1. The highest BCUT2D eigenvalue weighted by Gasteiger charge is 2.17. The molecule has 4 heteroatoms. The summed E-state index contributed by atoms with van der Waals surface area (Å²) in [5.74, 6) is 2.61.